The summed E-state index contributed by atoms with van der Waals surface area (Å²) in [6, 6.07) is 19.0. The lowest BCUT2D eigenvalue weighted by Crippen LogP contribution is -2.31. The first kappa shape index (κ1) is 26.6. The Hall–Kier alpha value is -4.46. The molecule has 1 atom stereocenters. The van der Waals surface area contributed by atoms with E-state index >= 15 is 0 Å². The Kier molecular flexibility index (Phi) is 8.21. The van der Waals surface area contributed by atoms with E-state index in [9.17, 15) is 14.7 Å². The predicted octanol–water partition coefficient (Wildman–Crippen LogP) is 4.78. The van der Waals surface area contributed by atoms with Crippen molar-refractivity contribution in [1.82, 2.24) is 4.90 Å². The number of methoxy groups -OCH3 is 3. The lowest BCUT2D eigenvalue weighted by molar-refractivity contribution is -0.139. The van der Waals surface area contributed by atoms with E-state index in [0.717, 1.165) is 5.56 Å². The molecule has 1 heterocycles. The Bertz CT molecular complexity index is 1320. The van der Waals surface area contributed by atoms with Crippen LogP contribution in [0.1, 0.15) is 29.7 Å². The highest BCUT2D eigenvalue weighted by molar-refractivity contribution is 6.46. The number of likely N-dealkylation sites (tertiary alicyclic amines) is 1. The van der Waals surface area contributed by atoms with Crippen LogP contribution in [0.2, 0.25) is 0 Å². The van der Waals surface area contributed by atoms with E-state index in [2.05, 4.69) is 0 Å². The molecule has 1 fully saturated rings. The van der Waals surface area contributed by atoms with E-state index < -0.39 is 17.7 Å². The van der Waals surface area contributed by atoms with Gasteiger partial charge in [0.2, 0.25) is 5.75 Å². The lowest BCUT2D eigenvalue weighted by atomic mass is 9.94. The summed E-state index contributed by atoms with van der Waals surface area (Å²) in [5.74, 6) is -0.0875. The summed E-state index contributed by atoms with van der Waals surface area (Å²) in [6.07, 6.45) is 0.522. The van der Waals surface area contributed by atoms with Gasteiger partial charge in [0.1, 0.15) is 11.5 Å². The second-order valence-electron chi connectivity index (χ2n) is 8.65. The number of rotatable bonds is 10. The molecule has 1 N–H and O–H groups in total. The molecule has 38 heavy (non-hydrogen) atoms. The van der Waals surface area contributed by atoms with Crippen LogP contribution in [0.15, 0.2) is 72.3 Å². The van der Waals surface area contributed by atoms with Crippen LogP contribution in [0, 0.1) is 0 Å². The van der Waals surface area contributed by atoms with Crippen LogP contribution < -0.4 is 18.9 Å². The second-order valence-corrected chi connectivity index (χ2v) is 8.65. The van der Waals surface area contributed by atoms with Crippen molar-refractivity contribution in [1.29, 1.82) is 0 Å². The largest absolute Gasteiger partial charge is 0.507 e. The van der Waals surface area contributed by atoms with Crippen molar-refractivity contribution < 1.29 is 33.6 Å². The average Bonchev–Trinajstić information content (AvgIpc) is 3.20. The topological polar surface area (TPSA) is 94.5 Å². The molecule has 0 bridgehead atoms. The summed E-state index contributed by atoms with van der Waals surface area (Å²) in [5, 5.41) is 11.4. The minimum atomic E-state index is -0.886. The van der Waals surface area contributed by atoms with Crippen molar-refractivity contribution in [2.75, 3.05) is 34.5 Å². The van der Waals surface area contributed by atoms with Gasteiger partial charge < -0.3 is 29.0 Å². The summed E-state index contributed by atoms with van der Waals surface area (Å²) in [7, 11) is 4.48. The smallest absolute Gasteiger partial charge is 0.295 e. The van der Waals surface area contributed by atoms with Crippen molar-refractivity contribution >= 4 is 17.4 Å². The highest BCUT2D eigenvalue weighted by atomic mass is 16.5. The van der Waals surface area contributed by atoms with Gasteiger partial charge in [0.05, 0.1) is 39.6 Å². The molecule has 1 amide bonds. The van der Waals surface area contributed by atoms with Crippen LogP contribution >= 0.6 is 0 Å². The number of ketones is 1. The molecule has 0 aromatic heterocycles. The van der Waals surface area contributed by atoms with Gasteiger partial charge in [-0.2, -0.15) is 0 Å². The summed E-state index contributed by atoms with van der Waals surface area (Å²) in [5.41, 5.74) is 1.90. The standard InChI is InChI=1S/C30H31NO7/c1-5-38-22-13-9-12-20(16-22)27(32)25-26(21-17-23(35-2)29(37-4)24(18-21)36-3)31(30(34)28(25)33)15-14-19-10-7-6-8-11-19/h6-13,16-18,26,32H,5,14-15H2,1-4H3/b27-25+. The molecule has 3 aromatic carbocycles. The first-order valence-electron chi connectivity index (χ1n) is 12.3. The number of carbonyl (C=O) groups is 2. The maximum absolute atomic E-state index is 13.4. The molecular formula is C30H31NO7. The maximum atomic E-state index is 13.4. The molecule has 0 aliphatic carbocycles. The third-order valence-electron chi connectivity index (χ3n) is 6.45. The zero-order valence-electron chi connectivity index (χ0n) is 21.9. The monoisotopic (exact) mass is 517 g/mol. The van der Waals surface area contributed by atoms with Gasteiger partial charge in [-0.15, -0.1) is 0 Å². The number of Topliss-reactive ketones (excluding diaryl/α,β-unsaturated/α-hetero) is 1. The van der Waals surface area contributed by atoms with Crippen molar-refractivity contribution in [3.63, 3.8) is 0 Å². The van der Waals surface area contributed by atoms with E-state index in [0.29, 0.717) is 47.2 Å². The fourth-order valence-electron chi connectivity index (χ4n) is 4.67. The molecule has 1 unspecified atom stereocenters. The fourth-order valence-corrected chi connectivity index (χ4v) is 4.67. The van der Waals surface area contributed by atoms with E-state index in [4.69, 9.17) is 18.9 Å². The molecule has 198 valence electrons. The first-order chi connectivity index (χ1) is 18.4. The predicted molar refractivity (Wildman–Crippen MR) is 143 cm³/mol. The number of carbonyl (C=O) groups excluding carboxylic acids is 2. The fraction of sp³-hybridized carbons (Fsp3) is 0.267. The van der Waals surface area contributed by atoms with Gasteiger partial charge in [0, 0.05) is 12.1 Å². The number of aliphatic hydroxyl groups excluding tert-OH is 1. The van der Waals surface area contributed by atoms with E-state index in [1.807, 2.05) is 37.3 Å². The number of hydrogen-bond acceptors (Lipinski definition) is 7. The molecule has 8 heteroatoms. The lowest BCUT2D eigenvalue weighted by Gasteiger charge is -2.26. The Morgan fingerprint density at radius 1 is 0.895 bits per heavy atom. The van der Waals surface area contributed by atoms with Crippen molar-refractivity contribution in [3.05, 3.63) is 89.0 Å². The minimum absolute atomic E-state index is 0.0222. The molecule has 0 spiro atoms. The number of amides is 1. The van der Waals surface area contributed by atoms with Crippen molar-refractivity contribution in [2.24, 2.45) is 0 Å². The van der Waals surface area contributed by atoms with Gasteiger partial charge in [-0.3, -0.25) is 9.59 Å². The normalized spacial score (nSPS) is 16.4. The van der Waals surface area contributed by atoms with Crippen LogP contribution in [0.5, 0.6) is 23.0 Å². The zero-order chi connectivity index (χ0) is 27.2. The number of benzene rings is 3. The third-order valence-corrected chi connectivity index (χ3v) is 6.45. The Labute approximate surface area is 222 Å². The van der Waals surface area contributed by atoms with Crippen LogP contribution in [-0.4, -0.2) is 56.2 Å². The number of hydrogen-bond donors (Lipinski definition) is 1. The van der Waals surface area contributed by atoms with Crippen LogP contribution in [-0.2, 0) is 16.0 Å². The zero-order valence-corrected chi connectivity index (χ0v) is 21.9. The number of ether oxygens (including phenoxy) is 4. The molecule has 0 saturated carbocycles. The SMILES string of the molecule is CCOc1cccc(/C(O)=C2\C(=O)C(=O)N(CCc3ccccc3)C2c2cc(OC)c(OC)c(OC)c2)c1. The van der Waals surface area contributed by atoms with Crippen LogP contribution in [0.4, 0.5) is 0 Å². The van der Waals surface area contributed by atoms with Crippen LogP contribution in [0.25, 0.3) is 5.76 Å². The van der Waals surface area contributed by atoms with Crippen molar-refractivity contribution in [3.8, 4) is 23.0 Å². The Morgan fingerprint density at radius 2 is 1.58 bits per heavy atom. The summed E-state index contributed by atoms with van der Waals surface area (Å²) in [4.78, 5) is 28.3. The second kappa shape index (κ2) is 11.7. The molecule has 1 aliphatic heterocycles. The third kappa shape index (κ3) is 5.16. The average molecular weight is 518 g/mol. The molecular weight excluding hydrogens is 486 g/mol. The Morgan fingerprint density at radius 3 is 2.18 bits per heavy atom. The molecule has 1 saturated heterocycles. The summed E-state index contributed by atoms with van der Waals surface area (Å²) >= 11 is 0. The highest BCUT2D eigenvalue weighted by Gasteiger charge is 2.46. The van der Waals surface area contributed by atoms with Gasteiger partial charge in [-0.25, -0.2) is 0 Å². The van der Waals surface area contributed by atoms with Crippen LogP contribution in [0.3, 0.4) is 0 Å². The van der Waals surface area contributed by atoms with Gasteiger partial charge >= 0.3 is 0 Å². The number of nitrogens with zero attached hydrogens (tertiary/aromatic N) is 1. The minimum Gasteiger partial charge on any atom is -0.507 e. The van der Waals surface area contributed by atoms with E-state index in [1.165, 1.54) is 26.2 Å². The van der Waals surface area contributed by atoms with Crippen molar-refractivity contribution in [2.45, 2.75) is 19.4 Å². The highest BCUT2D eigenvalue weighted by Crippen LogP contribution is 2.45. The first-order valence-corrected chi connectivity index (χ1v) is 12.3. The Balaban J connectivity index is 1.88. The van der Waals surface area contributed by atoms with E-state index in [-0.39, 0.29) is 17.9 Å². The number of aliphatic hydroxyl groups is 1. The molecule has 3 aromatic rings. The molecule has 1 aliphatic rings. The quantitative estimate of drug-likeness (QED) is 0.235. The summed E-state index contributed by atoms with van der Waals surface area (Å²) < 4.78 is 22.1. The van der Waals surface area contributed by atoms with Gasteiger partial charge in [-0.05, 0) is 48.7 Å². The molecule has 8 nitrogen and oxygen atoms in total. The molecule has 0 radical (unpaired) electrons. The molecule has 4 rings (SSSR count). The van der Waals surface area contributed by atoms with E-state index in [1.54, 1.807) is 36.4 Å². The van der Waals surface area contributed by atoms with Gasteiger partial charge in [-0.1, -0.05) is 42.5 Å². The van der Waals surface area contributed by atoms with Gasteiger partial charge in [0.25, 0.3) is 11.7 Å². The summed E-state index contributed by atoms with van der Waals surface area (Å²) in [6.45, 7) is 2.56. The van der Waals surface area contributed by atoms with Gasteiger partial charge in [0.15, 0.2) is 11.5 Å². The maximum Gasteiger partial charge on any atom is 0.295 e.